The predicted octanol–water partition coefficient (Wildman–Crippen LogP) is 1.06. The first kappa shape index (κ1) is 15.3. The molecule has 0 bridgehead atoms. The third kappa shape index (κ3) is 2.55. The summed E-state index contributed by atoms with van der Waals surface area (Å²) in [5.41, 5.74) is 0.419. The van der Waals surface area contributed by atoms with E-state index in [4.69, 9.17) is 14.0 Å². The number of rotatable bonds is 3. The molecule has 1 fully saturated rings. The van der Waals surface area contributed by atoms with Crippen LogP contribution >= 0.6 is 0 Å². The Morgan fingerprint density at radius 1 is 1.25 bits per heavy atom. The molecule has 6 heteroatoms. The zero-order chi connectivity index (χ0) is 15.1. The zero-order valence-electron chi connectivity index (χ0n) is 13.0. The number of hydrogen-bond donors (Lipinski definition) is 0. The van der Waals surface area contributed by atoms with Crippen molar-refractivity contribution in [1.29, 1.82) is 0 Å². The smallest absolute Gasteiger partial charge is 0.399 e. The van der Waals surface area contributed by atoms with E-state index >= 15 is 0 Å². The molecule has 0 N–H and O–H groups in total. The molecule has 0 spiro atoms. The lowest BCUT2D eigenvalue weighted by molar-refractivity contribution is 0.00578. The highest BCUT2D eigenvalue weighted by Gasteiger charge is 2.52. The van der Waals surface area contributed by atoms with Crippen LogP contribution in [0.4, 0.5) is 0 Å². The van der Waals surface area contributed by atoms with Crippen molar-refractivity contribution < 1.29 is 14.0 Å². The van der Waals surface area contributed by atoms with Crippen LogP contribution in [0.3, 0.4) is 0 Å². The second kappa shape index (κ2) is 5.02. The third-order valence-corrected chi connectivity index (χ3v) is 4.03. The quantitative estimate of drug-likeness (QED) is 0.776. The summed E-state index contributed by atoms with van der Waals surface area (Å²) in [6, 6.07) is 1.82. The average molecular weight is 279 g/mol. The highest BCUT2D eigenvalue weighted by atomic mass is 16.7. The first-order chi connectivity index (χ1) is 9.18. The molecule has 110 valence electrons. The van der Waals surface area contributed by atoms with Gasteiger partial charge >= 0.3 is 7.12 Å². The fraction of sp³-hybridized carbons (Fsp3) is 0.643. The van der Waals surface area contributed by atoms with Crippen LogP contribution in [0.25, 0.3) is 0 Å². The van der Waals surface area contributed by atoms with Gasteiger partial charge in [0.15, 0.2) is 0 Å². The summed E-state index contributed by atoms with van der Waals surface area (Å²) in [5, 5.41) is 0. The maximum atomic E-state index is 12.4. The van der Waals surface area contributed by atoms with Gasteiger partial charge in [0.2, 0.25) is 0 Å². The zero-order valence-corrected chi connectivity index (χ0v) is 13.0. The van der Waals surface area contributed by atoms with Crippen molar-refractivity contribution in [1.82, 2.24) is 4.57 Å². The lowest BCUT2D eigenvalue weighted by atomic mass is 9.79. The highest BCUT2D eigenvalue weighted by molar-refractivity contribution is 6.62. The minimum absolute atomic E-state index is 0.143. The van der Waals surface area contributed by atoms with Gasteiger partial charge in [-0.1, -0.05) is 6.07 Å². The number of pyridine rings is 1. The lowest BCUT2D eigenvalue weighted by Gasteiger charge is -2.32. The van der Waals surface area contributed by atoms with Crippen molar-refractivity contribution in [2.75, 3.05) is 7.11 Å². The van der Waals surface area contributed by atoms with Gasteiger partial charge in [-0.05, 0) is 40.2 Å². The highest BCUT2D eigenvalue weighted by Crippen LogP contribution is 2.36. The van der Waals surface area contributed by atoms with Crippen LogP contribution in [0.1, 0.15) is 33.3 Å². The molecule has 1 aromatic rings. The van der Waals surface area contributed by atoms with Gasteiger partial charge in [-0.25, -0.2) is 0 Å². The molecule has 2 rings (SSSR count). The monoisotopic (exact) mass is 279 g/mol. The number of nitrogens with zero attached hydrogens (tertiary/aromatic N) is 1. The van der Waals surface area contributed by atoms with Gasteiger partial charge in [0.05, 0.1) is 11.2 Å². The Labute approximate surface area is 120 Å². The van der Waals surface area contributed by atoms with Gasteiger partial charge in [0.25, 0.3) is 5.56 Å². The third-order valence-electron chi connectivity index (χ3n) is 4.03. The van der Waals surface area contributed by atoms with Gasteiger partial charge in [-0.2, -0.15) is 0 Å². The Morgan fingerprint density at radius 2 is 1.80 bits per heavy atom. The van der Waals surface area contributed by atoms with Crippen molar-refractivity contribution in [3.8, 4) is 0 Å². The molecule has 1 aromatic heterocycles. The topological polar surface area (TPSA) is 49.7 Å². The summed E-state index contributed by atoms with van der Waals surface area (Å²) in [5.74, 6) is 0. The van der Waals surface area contributed by atoms with Gasteiger partial charge in [0, 0.05) is 18.8 Å². The molecular formula is C14H22BNO4. The second-order valence-electron chi connectivity index (χ2n) is 6.25. The molecule has 1 saturated heterocycles. The van der Waals surface area contributed by atoms with Crippen molar-refractivity contribution in [3.63, 3.8) is 0 Å². The van der Waals surface area contributed by atoms with Crippen molar-refractivity contribution in [2.45, 2.75) is 52.6 Å². The summed E-state index contributed by atoms with van der Waals surface area (Å²) in [6.07, 6.45) is 1.76. The molecule has 0 aromatic carbocycles. The van der Waals surface area contributed by atoms with Gasteiger partial charge < -0.3 is 14.0 Å². The molecule has 1 aliphatic rings. The molecule has 5 nitrogen and oxygen atoms in total. The summed E-state index contributed by atoms with van der Waals surface area (Å²) < 4.78 is 18.5. The van der Waals surface area contributed by atoms with Gasteiger partial charge in [-0.3, -0.25) is 9.36 Å². The molecule has 0 saturated carbocycles. The number of ether oxygens (including phenoxy) is 1. The Bertz CT molecular complexity index is 549. The Hall–Kier alpha value is -1.11. The average Bonchev–Trinajstić information content (AvgIpc) is 2.53. The van der Waals surface area contributed by atoms with Crippen molar-refractivity contribution >= 4 is 12.6 Å². The first-order valence-corrected chi connectivity index (χ1v) is 6.73. The van der Waals surface area contributed by atoms with E-state index < -0.39 is 18.3 Å². The summed E-state index contributed by atoms with van der Waals surface area (Å²) in [7, 11) is 0.916. The molecule has 0 atom stereocenters. The molecule has 20 heavy (non-hydrogen) atoms. The Kier molecular flexibility index (Phi) is 3.84. The number of methoxy groups -OCH3 is 1. The normalized spacial score (nSPS) is 20.4. The van der Waals surface area contributed by atoms with Crippen LogP contribution in [-0.2, 0) is 20.8 Å². The number of hydrogen-bond acceptors (Lipinski definition) is 4. The minimum Gasteiger partial charge on any atom is -0.399 e. The van der Waals surface area contributed by atoms with E-state index in [0.717, 1.165) is 5.56 Å². The fourth-order valence-corrected chi connectivity index (χ4v) is 2.19. The maximum Gasteiger partial charge on any atom is 0.500 e. The van der Waals surface area contributed by atoms with Crippen LogP contribution in [0.2, 0.25) is 0 Å². The van der Waals surface area contributed by atoms with E-state index in [1.54, 1.807) is 13.3 Å². The standard InChI is InChI=1S/C14H22BNO4/c1-10-7-11(12(17)16(8-10)9-18-6)15-19-13(2,3)14(4,5)20-15/h7-8H,9H2,1-6H3. The van der Waals surface area contributed by atoms with Crippen molar-refractivity contribution in [3.05, 3.63) is 28.2 Å². The molecule has 0 unspecified atom stereocenters. The van der Waals surface area contributed by atoms with Crippen LogP contribution in [-0.4, -0.2) is 30.0 Å². The summed E-state index contributed by atoms with van der Waals surface area (Å²) >= 11 is 0. The molecule has 0 aliphatic carbocycles. The molecular weight excluding hydrogens is 257 g/mol. The van der Waals surface area contributed by atoms with Crippen LogP contribution in [0.5, 0.6) is 0 Å². The lowest BCUT2D eigenvalue weighted by Crippen LogP contribution is -2.47. The number of aromatic nitrogens is 1. The summed E-state index contributed by atoms with van der Waals surface area (Å²) in [6.45, 7) is 10.0. The van der Waals surface area contributed by atoms with E-state index in [1.807, 2.05) is 40.7 Å². The molecule has 1 aliphatic heterocycles. The van der Waals surface area contributed by atoms with Gasteiger partial charge in [-0.15, -0.1) is 0 Å². The maximum absolute atomic E-state index is 12.4. The SMILES string of the molecule is COCn1cc(C)cc(B2OC(C)(C)C(C)(C)O2)c1=O. The van der Waals surface area contributed by atoms with E-state index in [2.05, 4.69) is 0 Å². The first-order valence-electron chi connectivity index (χ1n) is 6.73. The van der Waals surface area contributed by atoms with Crippen LogP contribution in [0, 0.1) is 6.92 Å². The fourth-order valence-electron chi connectivity index (χ4n) is 2.19. The second-order valence-corrected chi connectivity index (χ2v) is 6.25. The molecule has 0 amide bonds. The largest absolute Gasteiger partial charge is 0.500 e. The van der Waals surface area contributed by atoms with Gasteiger partial charge in [0.1, 0.15) is 6.73 Å². The Morgan fingerprint density at radius 3 is 2.30 bits per heavy atom. The van der Waals surface area contributed by atoms with Crippen LogP contribution in [0.15, 0.2) is 17.1 Å². The predicted molar refractivity (Wildman–Crippen MR) is 78.2 cm³/mol. The number of aryl methyl sites for hydroxylation is 1. The Balaban J connectivity index is 2.43. The summed E-state index contributed by atoms with van der Waals surface area (Å²) in [4.78, 5) is 12.4. The van der Waals surface area contributed by atoms with E-state index in [0.29, 0.717) is 5.46 Å². The van der Waals surface area contributed by atoms with E-state index in [1.165, 1.54) is 4.57 Å². The van der Waals surface area contributed by atoms with E-state index in [-0.39, 0.29) is 12.3 Å². The van der Waals surface area contributed by atoms with Crippen LogP contribution < -0.4 is 11.0 Å². The van der Waals surface area contributed by atoms with E-state index in [9.17, 15) is 4.79 Å². The molecule has 0 radical (unpaired) electrons. The minimum atomic E-state index is -0.643. The van der Waals surface area contributed by atoms with Crippen molar-refractivity contribution in [2.24, 2.45) is 0 Å². The molecule has 2 heterocycles.